The molecule has 2 atom stereocenters. The van der Waals surface area contributed by atoms with Gasteiger partial charge in [0.25, 0.3) is 0 Å². The van der Waals surface area contributed by atoms with Crippen molar-refractivity contribution in [1.29, 1.82) is 0 Å². The molecule has 0 aliphatic heterocycles. The summed E-state index contributed by atoms with van der Waals surface area (Å²) in [7, 11) is 3.98. The minimum absolute atomic E-state index is 0.607. The van der Waals surface area contributed by atoms with E-state index < -0.39 is 0 Å². The Morgan fingerprint density at radius 2 is 2.13 bits per heavy atom. The van der Waals surface area contributed by atoms with Crippen LogP contribution in [0, 0.1) is 5.92 Å². The summed E-state index contributed by atoms with van der Waals surface area (Å²) in [5.74, 6) is 0.842. The molecule has 0 saturated heterocycles. The van der Waals surface area contributed by atoms with Crippen molar-refractivity contribution < 1.29 is 4.74 Å². The average molecular weight is 214 g/mol. The summed E-state index contributed by atoms with van der Waals surface area (Å²) in [5, 5.41) is 3.53. The van der Waals surface area contributed by atoms with Gasteiger partial charge in [-0.15, -0.1) is 0 Å². The Bertz CT molecular complexity index is 173. The third-order valence-electron chi connectivity index (χ3n) is 3.38. The molecule has 2 unspecified atom stereocenters. The largest absolute Gasteiger partial charge is 0.383 e. The van der Waals surface area contributed by atoms with Gasteiger partial charge in [0.15, 0.2) is 0 Å². The molecule has 0 bridgehead atoms. The minimum Gasteiger partial charge on any atom is -0.383 e. The highest BCUT2D eigenvalue weighted by Crippen LogP contribution is 2.30. The predicted octanol–water partition coefficient (Wildman–Crippen LogP) is 1.34. The van der Waals surface area contributed by atoms with Gasteiger partial charge in [-0.05, 0) is 32.4 Å². The summed E-state index contributed by atoms with van der Waals surface area (Å²) < 4.78 is 5.11. The van der Waals surface area contributed by atoms with Gasteiger partial charge in [-0.3, -0.25) is 0 Å². The molecule has 0 aromatic carbocycles. The molecule has 0 spiro atoms. The molecule has 3 nitrogen and oxygen atoms in total. The number of methoxy groups -OCH3 is 1. The summed E-state index contributed by atoms with van der Waals surface area (Å²) >= 11 is 0. The van der Waals surface area contributed by atoms with Gasteiger partial charge in [-0.1, -0.05) is 13.8 Å². The smallest absolute Gasteiger partial charge is 0.0589 e. The number of hydrogen-bond acceptors (Lipinski definition) is 3. The van der Waals surface area contributed by atoms with Crippen molar-refractivity contribution in [3.63, 3.8) is 0 Å². The third-order valence-corrected chi connectivity index (χ3v) is 3.38. The number of rotatable bonds is 7. The van der Waals surface area contributed by atoms with Crippen molar-refractivity contribution in [3.05, 3.63) is 0 Å². The van der Waals surface area contributed by atoms with Gasteiger partial charge >= 0.3 is 0 Å². The second-order valence-electron chi connectivity index (χ2n) is 4.94. The third kappa shape index (κ3) is 4.09. The van der Waals surface area contributed by atoms with E-state index in [4.69, 9.17) is 4.74 Å². The number of nitrogens with one attached hydrogen (secondary N) is 1. The van der Waals surface area contributed by atoms with E-state index in [1.54, 1.807) is 7.11 Å². The fraction of sp³-hybridized carbons (Fsp3) is 1.00. The molecule has 0 aromatic heterocycles. The number of ether oxygens (including phenoxy) is 1. The Balaban J connectivity index is 2.18. The second-order valence-corrected chi connectivity index (χ2v) is 4.94. The zero-order valence-corrected chi connectivity index (χ0v) is 10.6. The van der Waals surface area contributed by atoms with Gasteiger partial charge in [-0.25, -0.2) is 0 Å². The summed E-state index contributed by atoms with van der Waals surface area (Å²) in [6.45, 7) is 7.49. The maximum atomic E-state index is 5.11. The molecule has 1 aliphatic rings. The summed E-state index contributed by atoms with van der Waals surface area (Å²) in [5.41, 5.74) is 0. The van der Waals surface area contributed by atoms with Crippen LogP contribution < -0.4 is 5.32 Å². The van der Waals surface area contributed by atoms with Crippen molar-refractivity contribution in [2.75, 3.05) is 33.9 Å². The molecule has 0 heterocycles. The molecular formula is C12H26N2O. The number of nitrogens with zero attached hydrogens (tertiary/aromatic N) is 1. The van der Waals surface area contributed by atoms with Crippen LogP contribution in [0.4, 0.5) is 0 Å². The van der Waals surface area contributed by atoms with Crippen LogP contribution in [0.5, 0.6) is 0 Å². The van der Waals surface area contributed by atoms with Gasteiger partial charge in [0, 0.05) is 25.7 Å². The lowest BCUT2D eigenvalue weighted by Gasteiger charge is -2.43. The highest BCUT2D eigenvalue weighted by Gasteiger charge is 2.33. The van der Waals surface area contributed by atoms with E-state index in [1.165, 1.54) is 19.4 Å². The fourth-order valence-corrected chi connectivity index (χ4v) is 2.16. The monoisotopic (exact) mass is 214 g/mol. The molecule has 1 saturated carbocycles. The number of likely N-dealkylation sites (N-methyl/N-ethyl adjacent to an activating group) is 1. The molecule has 1 rings (SSSR count). The van der Waals surface area contributed by atoms with Crippen LogP contribution in [0.2, 0.25) is 0 Å². The molecule has 1 fully saturated rings. The zero-order valence-electron chi connectivity index (χ0n) is 10.6. The van der Waals surface area contributed by atoms with Crippen LogP contribution in [0.15, 0.2) is 0 Å². The highest BCUT2D eigenvalue weighted by atomic mass is 16.5. The van der Waals surface area contributed by atoms with E-state index >= 15 is 0 Å². The molecular weight excluding hydrogens is 188 g/mol. The molecule has 15 heavy (non-hydrogen) atoms. The normalized spacial score (nSPS) is 26.0. The molecule has 1 N–H and O–H groups in total. The Morgan fingerprint density at radius 3 is 2.60 bits per heavy atom. The average Bonchev–Trinajstić information content (AvgIpc) is 2.12. The van der Waals surface area contributed by atoms with Gasteiger partial charge in [0.2, 0.25) is 0 Å². The summed E-state index contributed by atoms with van der Waals surface area (Å²) in [6, 6.07) is 1.38. The maximum absolute atomic E-state index is 5.11. The standard InChI is InChI=1S/C12H26N2O/c1-10(2)13-9-11-5-6-12(11)14(3)7-8-15-4/h10-13H,5-9H2,1-4H3. The van der Waals surface area contributed by atoms with E-state index in [2.05, 4.69) is 31.1 Å². The van der Waals surface area contributed by atoms with Gasteiger partial charge < -0.3 is 15.0 Å². The Kier molecular flexibility index (Phi) is 5.58. The Labute approximate surface area is 94.2 Å². The predicted molar refractivity (Wildman–Crippen MR) is 64.2 cm³/mol. The SMILES string of the molecule is COCCN(C)C1CCC1CNC(C)C. The van der Waals surface area contributed by atoms with Crippen molar-refractivity contribution in [1.82, 2.24) is 10.2 Å². The second kappa shape index (κ2) is 6.46. The van der Waals surface area contributed by atoms with Crippen LogP contribution in [-0.4, -0.2) is 50.8 Å². The number of hydrogen-bond donors (Lipinski definition) is 1. The summed E-state index contributed by atoms with van der Waals surface area (Å²) in [4.78, 5) is 2.44. The Hall–Kier alpha value is -0.120. The first-order chi connectivity index (χ1) is 7.15. The summed E-state index contributed by atoms with van der Waals surface area (Å²) in [6.07, 6.45) is 2.73. The highest BCUT2D eigenvalue weighted by molar-refractivity contribution is 4.89. The lowest BCUT2D eigenvalue weighted by Crippen LogP contribution is -2.50. The van der Waals surface area contributed by atoms with Crippen LogP contribution in [0.25, 0.3) is 0 Å². The van der Waals surface area contributed by atoms with Crippen LogP contribution in [0.3, 0.4) is 0 Å². The topological polar surface area (TPSA) is 24.5 Å². The van der Waals surface area contributed by atoms with Gasteiger partial charge in [0.05, 0.1) is 6.61 Å². The molecule has 1 aliphatic carbocycles. The maximum Gasteiger partial charge on any atom is 0.0589 e. The van der Waals surface area contributed by atoms with Crippen LogP contribution in [0.1, 0.15) is 26.7 Å². The van der Waals surface area contributed by atoms with E-state index in [-0.39, 0.29) is 0 Å². The lowest BCUT2D eigenvalue weighted by atomic mass is 9.78. The molecule has 0 radical (unpaired) electrons. The van der Waals surface area contributed by atoms with Crippen molar-refractivity contribution in [2.45, 2.75) is 38.8 Å². The quantitative estimate of drug-likeness (QED) is 0.692. The first-order valence-electron chi connectivity index (χ1n) is 6.07. The molecule has 0 aromatic rings. The van der Waals surface area contributed by atoms with E-state index in [0.717, 1.165) is 25.1 Å². The lowest BCUT2D eigenvalue weighted by molar-refractivity contribution is 0.0587. The molecule has 0 amide bonds. The fourth-order valence-electron chi connectivity index (χ4n) is 2.16. The molecule has 90 valence electrons. The van der Waals surface area contributed by atoms with E-state index in [1.807, 2.05) is 0 Å². The van der Waals surface area contributed by atoms with Gasteiger partial charge in [0.1, 0.15) is 0 Å². The Morgan fingerprint density at radius 1 is 1.40 bits per heavy atom. The minimum atomic E-state index is 0.607. The molecule has 3 heteroatoms. The van der Waals surface area contributed by atoms with Crippen LogP contribution in [-0.2, 0) is 4.74 Å². The van der Waals surface area contributed by atoms with Crippen molar-refractivity contribution in [2.24, 2.45) is 5.92 Å². The zero-order chi connectivity index (χ0) is 11.3. The van der Waals surface area contributed by atoms with Gasteiger partial charge in [-0.2, -0.15) is 0 Å². The first kappa shape index (κ1) is 12.9. The van der Waals surface area contributed by atoms with E-state index in [9.17, 15) is 0 Å². The van der Waals surface area contributed by atoms with Crippen molar-refractivity contribution in [3.8, 4) is 0 Å². The van der Waals surface area contributed by atoms with Crippen molar-refractivity contribution >= 4 is 0 Å². The first-order valence-corrected chi connectivity index (χ1v) is 6.07. The van der Waals surface area contributed by atoms with E-state index in [0.29, 0.717) is 6.04 Å². The van der Waals surface area contributed by atoms with Crippen LogP contribution >= 0.6 is 0 Å².